The molecule has 1 N–H and O–H groups in total. The number of aryl methyl sites for hydroxylation is 1. The second kappa shape index (κ2) is 9.19. The summed E-state index contributed by atoms with van der Waals surface area (Å²) in [6, 6.07) is 13.2. The van der Waals surface area contributed by atoms with Crippen LogP contribution < -0.4 is 5.32 Å². The lowest BCUT2D eigenvalue weighted by atomic mass is 9.91. The van der Waals surface area contributed by atoms with Gasteiger partial charge in [0.05, 0.1) is 6.54 Å². The van der Waals surface area contributed by atoms with Gasteiger partial charge in [0, 0.05) is 30.3 Å². The zero-order valence-corrected chi connectivity index (χ0v) is 18.1. The summed E-state index contributed by atoms with van der Waals surface area (Å²) in [4.78, 5) is 30.3. The molecule has 1 saturated heterocycles. The molecule has 5 nitrogen and oxygen atoms in total. The predicted molar refractivity (Wildman–Crippen MR) is 120 cm³/mol. The Morgan fingerprint density at radius 1 is 1.07 bits per heavy atom. The fraction of sp³-hybridized carbons (Fsp3) is 0.417. The van der Waals surface area contributed by atoms with Gasteiger partial charge in [-0.25, -0.2) is 0 Å². The zero-order valence-electron chi connectivity index (χ0n) is 17.4. The fourth-order valence-electron chi connectivity index (χ4n) is 4.42. The summed E-state index contributed by atoms with van der Waals surface area (Å²) in [5, 5.41) is 3.55. The van der Waals surface area contributed by atoms with Crippen molar-refractivity contribution < 1.29 is 9.59 Å². The Kier molecular flexibility index (Phi) is 6.40. The molecule has 0 aliphatic carbocycles. The highest BCUT2D eigenvalue weighted by Crippen LogP contribution is 2.32. The first-order chi connectivity index (χ1) is 14.5. The number of nitrogens with one attached hydrogen (secondary N) is 1. The molecule has 2 aliphatic rings. The smallest absolute Gasteiger partial charge is 0.244 e. The Bertz CT molecular complexity index is 940. The standard InChI is InChI=1S/C24H28ClN3O2/c1-17-9-10-19(15-21(17)25)26-22(29)16-28-14-11-18-7-3-4-8-20(18)23(28)24(30)27-12-5-2-6-13-27/h3-4,7-10,15,23H,2,5-6,11-14,16H2,1H3,(H,26,29). The first-order valence-corrected chi connectivity index (χ1v) is 11.1. The van der Waals surface area contributed by atoms with E-state index in [-0.39, 0.29) is 18.4 Å². The van der Waals surface area contributed by atoms with Crippen LogP contribution in [0.25, 0.3) is 0 Å². The number of benzene rings is 2. The molecule has 4 rings (SSSR count). The van der Waals surface area contributed by atoms with Crippen molar-refractivity contribution in [2.45, 2.75) is 38.6 Å². The largest absolute Gasteiger partial charge is 0.341 e. The van der Waals surface area contributed by atoms with Gasteiger partial charge in [-0.05, 0) is 61.4 Å². The van der Waals surface area contributed by atoms with Gasteiger partial charge in [-0.3, -0.25) is 14.5 Å². The molecule has 0 aromatic heterocycles. The molecule has 0 saturated carbocycles. The highest BCUT2D eigenvalue weighted by atomic mass is 35.5. The first kappa shape index (κ1) is 20.9. The minimum atomic E-state index is -0.402. The number of hydrogen-bond acceptors (Lipinski definition) is 3. The van der Waals surface area contributed by atoms with Crippen molar-refractivity contribution in [2.24, 2.45) is 0 Å². The van der Waals surface area contributed by atoms with Crippen molar-refractivity contribution in [3.05, 3.63) is 64.2 Å². The molecule has 0 radical (unpaired) electrons. The molecular formula is C24H28ClN3O2. The zero-order chi connectivity index (χ0) is 21.1. The maximum Gasteiger partial charge on any atom is 0.244 e. The summed E-state index contributed by atoms with van der Waals surface area (Å²) in [6.07, 6.45) is 4.11. The number of anilines is 1. The normalized spacial score (nSPS) is 19.3. The molecule has 2 aromatic carbocycles. The minimum Gasteiger partial charge on any atom is -0.341 e. The van der Waals surface area contributed by atoms with E-state index in [1.807, 2.05) is 47.1 Å². The number of piperidine rings is 1. The van der Waals surface area contributed by atoms with E-state index in [1.54, 1.807) is 6.07 Å². The number of rotatable bonds is 4. The van der Waals surface area contributed by atoms with Gasteiger partial charge in [0.2, 0.25) is 11.8 Å². The van der Waals surface area contributed by atoms with E-state index >= 15 is 0 Å². The Labute approximate surface area is 183 Å². The first-order valence-electron chi connectivity index (χ1n) is 10.7. The Morgan fingerprint density at radius 3 is 2.60 bits per heavy atom. The van der Waals surface area contributed by atoms with Crippen LogP contribution in [0, 0.1) is 6.92 Å². The molecular weight excluding hydrogens is 398 g/mol. The summed E-state index contributed by atoms with van der Waals surface area (Å²) < 4.78 is 0. The van der Waals surface area contributed by atoms with Gasteiger partial charge in [-0.15, -0.1) is 0 Å². The third-order valence-electron chi connectivity index (χ3n) is 6.09. The molecule has 0 spiro atoms. The maximum absolute atomic E-state index is 13.5. The molecule has 0 bridgehead atoms. The van der Waals surface area contributed by atoms with Gasteiger partial charge >= 0.3 is 0 Å². The van der Waals surface area contributed by atoms with E-state index in [0.717, 1.165) is 43.5 Å². The second-order valence-electron chi connectivity index (χ2n) is 8.22. The molecule has 1 atom stereocenters. The quantitative estimate of drug-likeness (QED) is 0.798. The Morgan fingerprint density at radius 2 is 1.83 bits per heavy atom. The minimum absolute atomic E-state index is 0.119. The molecule has 1 unspecified atom stereocenters. The van der Waals surface area contributed by atoms with Crippen LogP contribution in [0.3, 0.4) is 0 Å². The lowest BCUT2D eigenvalue weighted by Crippen LogP contribution is -2.49. The van der Waals surface area contributed by atoms with Crippen LogP contribution in [-0.2, 0) is 16.0 Å². The van der Waals surface area contributed by atoms with Crippen molar-refractivity contribution in [1.82, 2.24) is 9.80 Å². The van der Waals surface area contributed by atoms with Crippen LogP contribution in [-0.4, -0.2) is 47.8 Å². The van der Waals surface area contributed by atoms with Crippen LogP contribution in [0.1, 0.15) is 42.0 Å². The van der Waals surface area contributed by atoms with Crippen LogP contribution >= 0.6 is 11.6 Å². The van der Waals surface area contributed by atoms with Crippen LogP contribution in [0.15, 0.2) is 42.5 Å². The average Bonchev–Trinajstić information content (AvgIpc) is 2.76. The highest BCUT2D eigenvalue weighted by molar-refractivity contribution is 6.31. The monoisotopic (exact) mass is 425 g/mol. The second-order valence-corrected chi connectivity index (χ2v) is 8.63. The number of carbonyl (C=O) groups excluding carboxylic acids is 2. The molecule has 30 heavy (non-hydrogen) atoms. The van der Waals surface area contributed by atoms with Gasteiger partial charge in [0.1, 0.15) is 6.04 Å². The Balaban J connectivity index is 1.53. The lowest BCUT2D eigenvalue weighted by Gasteiger charge is -2.39. The SMILES string of the molecule is Cc1ccc(NC(=O)CN2CCc3ccccc3C2C(=O)N2CCCCC2)cc1Cl. The number of hydrogen-bond donors (Lipinski definition) is 1. The number of carbonyl (C=O) groups is 2. The van der Waals surface area contributed by atoms with Gasteiger partial charge in [0.15, 0.2) is 0 Å². The van der Waals surface area contributed by atoms with Crippen molar-refractivity contribution in [3.8, 4) is 0 Å². The summed E-state index contributed by atoms with van der Waals surface area (Å²) >= 11 is 6.18. The third-order valence-corrected chi connectivity index (χ3v) is 6.49. The lowest BCUT2D eigenvalue weighted by molar-refractivity contribution is -0.139. The van der Waals surface area contributed by atoms with Gasteiger partial charge < -0.3 is 10.2 Å². The molecule has 1 fully saturated rings. The van der Waals surface area contributed by atoms with E-state index in [0.29, 0.717) is 17.3 Å². The highest BCUT2D eigenvalue weighted by Gasteiger charge is 2.36. The topological polar surface area (TPSA) is 52.7 Å². The van der Waals surface area contributed by atoms with Crippen molar-refractivity contribution in [1.29, 1.82) is 0 Å². The molecule has 2 aromatic rings. The fourth-order valence-corrected chi connectivity index (χ4v) is 4.60. The summed E-state index contributed by atoms with van der Waals surface area (Å²) in [5.74, 6) is -0.0150. The molecule has 2 heterocycles. The van der Waals surface area contributed by atoms with E-state index in [2.05, 4.69) is 11.4 Å². The molecule has 2 aliphatic heterocycles. The van der Waals surface area contributed by atoms with Crippen LogP contribution in [0.5, 0.6) is 0 Å². The van der Waals surface area contributed by atoms with E-state index in [9.17, 15) is 9.59 Å². The number of fused-ring (bicyclic) bond motifs is 1. The predicted octanol–water partition coefficient (Wildman–Crippen LogP) is 4.20. The number of nitrogens with zero attached hydrogens (tertiary/aromatic N) is 2. The third kappa shape index (κ3) is 4.52. The van der Waals surface area contributed by atoms with Crippen LogP contribution in [0.2, 0.25) is 5.02 Å². The summed E-state index contributed by atoms with van der Waals surface area (Å²) in [7, 11) is 0. The summed E-state index contributed by atoms with van der Waals surface area (Å²) in [5.41, 5.74) is 3.88. The number of halogens is 1. The van der Waals surface area contributed by atoms with E-state index < -0.39 is 6.04 Å². The van der Waals surface area contributed by atoms with Crippen LogP contribution in [0.4, 0.5) is 5.69 Å². The molecule has 2 amide bonds. The van der Waals surface area contributed by atoms with Crippen molar-refractivity contribution in [2.75, 3.05) is 31.5 Å². The number of likely N-dealkylation sites (tertiary alicyclic amines) is 1. The average molecular weight is 426 g/mol. The van der Waals surface area contributed by atoms with Crippen molar-refractivity contribution >= 4 is 29.1 Å². The molecule has 158 valence electrons. The van der Waals surface area contributed by atoms with E-state index in [1.165, 1.54) is 12.0 Å². The van der Waals surface area contributed by atoms with E-state index in [4.69, 9.17) is 11.6 Å². The van der Waals surface area contributed by atoms with Gasteiger partial charge in [0.25, 0.3) is 0 Å². The number of amides is 2. The summed E-state index contributed by atoms with van der Waals surface area (Å²) in [6.45, 7) is 4.39. The van der Waals surface area contributed by atoms with Crippen molar-refractivity contribution in [3.63, 3.8) is 0 Å². The Hall–Kier alpha value is -2.37. The molecule has 6 heteroatoms. The van der Waals surface area contributed by atoms with Gasteiger partial charge in [-0.2, -0.15) is 0 Å². The van der Waals surface area contributed by atoms with Gasteiger partial charge in [-0.1, -0.05) is 41.9 Å². The maximum atomic E-state index is 13.5.